The molecule has 27 heavy (non-hydrogen) atoms. The third-order valence-electron chi connectivity index (χ3n) is 4.74. The van der Waals surface area contributed by atoms with E-state index >= 15 is 0 Å². The topological polar surface area (TPSA) is 59.4 Å². The van der Waals surface area contributed by atoms with Crippen LogP contribution in [0.3, 0.4) is 0 Å². The van der Waals surface area contributed by atoms with Crippen molar-refractivity contribution in [3.05, 3.63) is 72.1 Å². The molecule has 2 aromatic carbocycles. The highest BCUT2D eigenvalue weighted by Crippen LogP contribution is 2.21. The summed E-state index contributed by atoms with van der Waals surface area (Å²) in [7, 11) is 0. The quantitative estimate of drug-likeness (QED) is 0.774. The van der Waals surface area contributed by atoms with Crippen molar-refractivity contribution >= 4 is 17.3 Å². The lowest BCUT2D eigenvalue weighted by Crippen LogP contribution is -2.36. The summed E-state index contributed by atoms with van der Waals surface area (Å²) in [6.45, 7) is 5.06. The largest absolute Gasteiger partial charge is 0.378 e. The molecular weight excluding hydrogens is 340 g/mol. The number of morpholine rings is 1. The molecule has 6 nitrogen and oxygen atoms in total. The maximum absolute atomic E-state index is 12.8. The summed E-state index contributed by atoms with van der Waals surface area (Å²) < 4.78 is 7.22. The normalized spacial score (nSPS) is 14.2. The Morgan fingerprint density at radius 3 is 2.56 bits per heavy atom. The van der Waals surface area contributed by atoms with Crippen molar-refractivity contribution in [2.24, 2.45) is 0 Å². The van der Waals surface area contributed by atoms with Crippen LogP contribution in [0.25, 0.3) is 5.69 Å². The molecule has 0 radical (unpaired) electrons. The number of rotatable bonds is 4. The summed E-state index contributed by atoms with van der Waals surface area (Å²) >= 11 is 0. The number of nitrogens with zero attached hydrogens (tertiary/aromatic N) is 3. The van der Waals surface area contributed by atoms with Crippen LogP contribution in [0.15, 0.2) is 60.8 Å². The van der Waals surface area contributed by atoms with Crippen molar-refractivity contribution in [3.8, 4) is 5.69 Å². The molecule has 1 aromatic heterocycles. The minimum atomic E-state index is -0.138. The van der Waals surface area contributed by atoms with Crippen LogP contribution in [-0.2, 0) is 4.74 Å². The SMILES string of the molecule is Cc1c(NC(=O)c2cccc(N3CCOCC3)c2)cnn1-c1ccccc1. The lowest BCUT2D eigenvalue weighted by Gasteiger charge is -2.29. The van der Waals surface area contributed by atoms with Gasteiger partial charge in [0, 0.05) is 24.3 Å². The van der Waals surface area contributed by atoms with Crippen LogP contribution < -0.4 is 10.2 Å². The van der Waals surface area contributed by atoms with Crippen LogP contribution in [0.1, 0.15) is 16.1 Å². The van der Waals surface area contributed by atoms with E-state index in [1.54, 1.807) is 6.20 Å². The zero-order valence-electron chi connectivity index (χ0n) is 15.3. The fourth-order valence-electron chi connectivity index (χ4n) is 3.22. The van der Waals surface area contributed by atoms with Gasteiger partial charge in [-0.2, -0.15) is 5.10 Å². The van der Waals surface area contributed by atoms with E-state index in [0.29, 0.717) is 24.5 Å². The summed E-state index contributed by atoms with van der Waals surface area (Å²) in [6, 6.07) is 17.6. The molecule has 138 valence electrons. The number of hydrogen-bond donors (Lipinski definition) is 1. The van der Waals surface area contributed by atoms with Crippen LogP contribution in [-0.4, -0.2) is 42.0 Å². The Morgan fingerprint density at radius 1 is 1.04 bits per heavy atom. The molecule has 0 bridgehead atoms. The summed E-state index contributed by atoms with van der Waals surface area (Å²) in [4.78, 5) is 15.0. The van der Waals surface area contributed by atoms with Gasteiger partial charge in [0.25, 0.3) is 5.91 Å². The highest BCUT2D eigenvalue weighted by atomic mass is 16.5. The fourth-order valence-corrected chi connectivity index (χ4v) is 3.22. The van der Waals surface area contributed by atoms with Gasteiger partial charge in [-0.1, -0.05) is 24.3 Å². The maximum Gasteiger partial charge on any atom is 0.255 e. The number of benzene rings is 2. The molecule has 1 aliphatic rings. The number of nitrogens with one attached hydrogen (secondary N) is 1. The third-order valence-corrected chi connectivity index (χ3v) is 4.74. The summed E-state index contributed by atoms with van der Waals surface area (Å²) in [6.07, 6.45) is 1.69. The van der Waals surface area contributed by atoms with Gasteiger partial charge < -0.3 is 15.0 Å². The van der Waals surface area contributed by atoms with E-state index in [1.165, 1.54) is 0 Å². The van der Waals surface area contributed by atoms with Crippen LogP contribution >= 0.6 is 0 Å². The molecule has 1 aliphatic heterocycles. The molecule has 0 unspecified atom stereocenters. The van der Waals surface area contributed by atoms with Gasteiger partial charge in [0.15, 0.2) is 0 Å². The standard InChI is InChI=1S/C21H22N4O2/c1-16-20(15-22-25(16)18-7-3-2-4-8-18)23-21(26)17-6-5-9-19(14-17)24-10-12-27-13-11-24/h2-9,14-15H,10-13H2,1H3,(H,23,26). The van der Waals surface area contributed by atoms with Crippen LogP contribution in [0, 0.1) is 6.92 Å². The molecule has 1 N–H and O–H groups in total. The first-order chi connectivity index (χ1) is 13.2. The first-order valence-corrected chi connectivity index (χ1v) is 9.06. The highest BCUT2D eigenvalue weighted by molar-refractivity contribution is 6.05. The summed E-state index contributed by atoms with van der Waals surface area (Å²) in [5.74, 6) is -0.138. The third kappa shape index (κ3) is 3.71. The molecule has 1 fully saturated rings. The fraction of sp³-hybridized carbons (Fsp3) is 0.238. The van der Waals surface area contributed by atoms with Crippen molar-refractivity contribution in [3.63, 3.8) is 0 Å². The molecule has 2 heterocycles. The second-order valence-corrected chi connectivity index (χ2v) is 6.49. The summed E-state index contributed by atoms with van der Waals surface area (Å²) in [5, 5.41) is 7.38. The maximum atomic E-state index is 12.8. The number of hydrogen-bond acceptors (Lipinski definition) is 4. The van der Waals surface area contributed by atoms with E-state index in [1.807, 2.05) is 66.2 Å². The van der Waals surface area contributed by atoms with Crippen LogP contribution in [0.4, 0.5) is 11.4 Å². The molecule has 1 saturated heterocycles. The van der Waals surface area contributed by atoms with Crippen molar-refractivity contribution in [2.45, 2.75) is 6.92 Å². The van der Waals surface area contributed by atoms with E-state index in [-0.39, 0.29) is 5.91 Å². The van der Waals surface area contributed by atoms with Gasteiger partial charge in [0.2, 0.25) is 0 Å². The van der Waals surface area contributed by atoms with Gasteiger partial charge >= 0.3 is 0 Å². The minimum Gasteiger partial charge on any atom is -0.378 e. The van der Waals surface area contributed by atoms with E-state index in [0.717, 1.165) is 30.2 Å². The Morgan fingerprint density at radius 2 is 1.78 bits per heavy atom. The smallest absolute Gasteiger partial charge is 0.255 e. The van der Waals surface area contributed by atoms with Crippen LogP contribution in [0.5, 0.6) is 0 Å². The second-order valence-electron chi connectivity index (χ2n) is 6.49. The predicted molar refractivity (Wildman–Crippen MR) is 106 cm³/mol. The van der Waals surface area contributed by atoms with E-state index in [2.05, 4.69) is 15.3 Å². The van der Waals surface area contributed by atoms with Crippen LogP contribution in [0.2, 0.25) is 0 Å². The van der Waals surface area contributed by atoms with E-state index in [4.69, 9.17) is 4.74 Å². The number of ether oxygens (including phenoxy) is 1. The number of carbonyl (C=O) groups excluding carboxylic acids is 1. The van der Waals surface area contributed by atoms with Gasteiger partial charge in [0.05, 0.1) is 36.5 Å². The highest BCUT2D eigenvalue weighted by Gasteiger charge is 2.15. The van der Waals surface area contributed by atoms with E-state index < -0.39 is 0 Å². The lowest BCUT2D eigenvalue weighted by molar-refractivity contribution is 0.102. The van der Waals surface area contributed by atoms with Gasteiger partial charge in [-0.15, -0.1) is 0 Å². The molecular formula is C21H22N4O2. The molecule has 6 heteroatoms. The van der Waals surface area contributed by atoms with Gasteiger partial charge in [-0.05, 0) is 37.3 Å². The number of carbonyl (C=O) groups is 1. The van der Waals surface area contributed by atoms with Gasteiger partial charge in [-0.25, -0.2) is 4.68 Å². The van der Waals surface area contributed by atoms with Gasteiger partial charge in [0.1, 0.15) is 0 Å². The molecule has 0 atom stereocenters. The number of anilines is 2. The average molecular weight is 362 g/mol. The predicted octanol–water partition coefficient (Wildman–Crippen LogP) is 3.27. The van der Waals surface area contributed by atoms with Gasteiger partial charge in [-0.3, -0.25) is 4.79 Å². The first kappa shape index (κ1) is 17.3. The molecule has 3 aromatic rings. The minimum absolute atomic E-state index is 0.138. The Hall–Kier alpha value is -3.12. The zero-order valence-corrected chi connectivity index (χ0v) is 15.3. The Bertz CT molecular complexity index is 930. The zero-order chi connectivity index (χ0) is 18.6. The van der Waals surface area contributed by atoms with Crippen molar-refractivity contribution in [1.82, 2.24) is 9.78 Å². The molecule has 0 aliphatic carbocycles. The molecule has 1 amide bonds. The molecule has 4 rings (SSSR count). The van der Waals surface area contributed by atoms with Crippen molar-refractivity contribution in [1.29, 1.82) is 0 Å². The number of aromatic nitrogens is 2. The van der Waals surface area contributed by atoms with Crippen molar-refractivity contribution in [2.75, 3.05) is 36.5 Å². The monoisotopic (exact) mass is 362 g/mol. The number of amides is 1. The average Bonchev–Trinajstić information content (AvgIpc) is 3.09. The number of para-hydroxylation sites is 1. The second kappa shape index (κ2) is 7.63. The Balaban J connectivity index is 1.52. The first-order valence-electron chi connectivity index (χ1n) is 9.06. The van der Waals surface area contributed by atoms with E-state index in [9.17, 15) is 4.79 Å². The molecule has 0 saturated carbocycles. The van der Waals surface area contributed by atoms with Crippen molar-refractivity contribution < 1.29 is 9.53 Å². The lowest BCUT2D eigenvalue weighted by atomic mass is 10.1. The summed E-state index contributed by atoms with van der Waals surface area (Å²) in [5.41, 5.74) is 4.23. The Labute approximate surface area is 158 Å². The molecule has 0 spiro atoms. The Kier molecular flexibility index (Phi) is 4.89.